The minimum Gasteiger partial charge on any atom is -0.481 e. The summed E-state index contributed by atoms with van der Waals surface area (Å²) in [6.45, 7) is 3.25. The molecule has 2 N–H and O–H groups in total. The van der Waals surface area contributed by atoms with Crippen molar-refractivity contribution in [3.8, 4) is 0 Å². The molecule has 0 heterocycles. The van der Waals surface area contributed by atoms with Gasteiger partial charge in [-0.25, -0.2) is 4.39 Å². The van der Waals surface area contributed by atoms with Crippen LogP contribution in [0.15, 0.2) is 18.2 Å². The van der Waals surface area contributed by atoms with Crippen LogP contribution in [0.5, 0.6) is 0 Å². The zero-order valence-corrected chi connectivity index (χ0v) is 10.4. The maximum Gasteiger partial charge on any atom is 0.303 e. The van der Waals surface area contributed by atoms with Crippen LogP contribution in [-0.2, 0) is 4.79 Å². The molecule has 0 aliphatic rings. The van der Waals surface area contributed by atoms with E-state index in [9.17, 15) is 14.0 Å². The van der Waals surface area contributed by atoms with Gasteiger partial charge in [-0.15, -0.1) is 0 Å². The van der Waals surface area contributed by atoms with Crippen molar-refractivity contribution >= 4 is 11.9 Å². The molecule has 5 heteroatoms. The molecular weight excluding hydrogens is 237 g/mol. The summed E-state index contributed by atoms with van der Waals surface area (Å²) in [5.41, 5.74) is 0.567. The smallest absolute Gasteiger partial charge is 0.303 e. The second-order valence-corrected chi connectivity index (χ2v) is 4.22. The maximum atomic E-state index is 13.3. The van der Waals surface area contributed by atoms with Crippen LogP contribution < -0.4 is 5.32 Å². The molecule has 18 heavy (non-hydrogen) atoms. The lowest BCUT2D eigenvalue weighted by Gasteiger charge is -2.14. The van der Waals surface area contributed by atoms with E-state index in [0.29, 0.717) is 12.0 Å². The number of carbonyl (C=O) groups excluding carboxylic acids is 1. The van der Waals surface area contributed by atoms with Crippen molar-refractivity contribution in [1.29, 1.82) is 0 Å². The van der Waals surface area contributed by atoms with Crippen LogP contribution in [-0.4, -0.2) is 23.0 Å². The number of amides is 1. The third kappa shape index (κ3) is 3.84. The number of carbonyl (C=O) groups is 2. The van der Waals surface area contributed by atoms with Crippen LogP contribution in [0.3, 0.4) is 0 Å². The molecule has 1 rings (SSSR count). The van der Waals surface area contributed by atoms with Gasteiger partial charge in [0, 0.05) is 18.0 Å². The highest BCUT2D eigenvalue weighted by Crippen LogP contribution is 2.12. The van der Waals surface area contributed by atoms with Crippen molar-refractivity contribution in [3.63, 3.8) is 0 Å². The fraction of sp³-hybridized carbons (Fsp3) is 0.385. The number of halogens is 1. The van der Waals surface area contributed by atoms with Gasteiger partial charge in [-0.2, -0.15) is 0 Å². The number of aliphatic carboxylic acids is 1. The van der Waals surface area contributed by atoms with Crippen LogP contribution in [0.1, 0.15) is 35.7 Å². The summed E-state index contributed by atoms with van der Waals surface area (Å²) in [5, 5.41) is 11.2. The number of carboxylic acids is 1. The molecular formula is C13H16FNO3. The predicted molar refractivity (Wildman–Crippen MR) is 64.9 cm³/mol. The highest BCUT2D eigenvalue weighted by atomic mass is 19.1. The van der Waals surface area contributed by atoms with E-state index in [1.165, 1.54) is 25.1 Å². The van der Waals surface area contributed by atoms with Crippen LogP contribution in [0.4, 0.5) is 4.39 Å². The highest BCUT2D eigenvalue weighted by Gasteiger charge is 2.14. The topological polar surface area (TPSA) is 66.4 Å². The van der Waals surface area contributed by atoms with Crippen molar-refractivity contribution in [2.24, 2.45) is 0 Å². The van der Waals surface area contributed by atoms with E-state index < -0.39 is 11.8 Å². The molecule has 0 aliphatic heterocycles. The number of hydrogen-bond donors (Lipinski definition) is 2. The van der Waals surface area contributed by atoms with Gasteiger partial charge in [-0.1, -0.05) is 6.07 Å². The Hall–Kier alpha value is -1.91. The minimum atomic E-state index is -0.905. The molecule has 1 atom stereocenters. The Morgan fingerprint density at radius 2 is 2.11 bits per heavy atom. The molecule has 0 bridgehead atoms. The number of nitrogens with one attached hydrogen (secondary N) is 1. The normalized spacial score (nSPS) is 11.9. The van der Waals surface area contributed by atoms with E-state index in [-0.39, 0.29) is 23.9 Å². The lowest BCUT2D eigenvalue weighted by atomic mass is 10.1. The highest BCUT2D eigenvalue weighted by molar-refractivity contribution is 5.95. The lowest BCUT2D eigenvalue weighted by Crippen LogP contribution is -2.33. The summed E-state index contributed by atoms with van der Waals surface area (Å²) in [5.74, 6) is -1.72. The van der Waals surface area contributed by atoms with E-state index in [4.69, 9.17) is 5.11 Å². The second-order valence-electron chi connectivity index (χ2n) is 4.22. The SMILES string of the molecule is Cc1c(F)cccc1C(=O)NC(C)CCC(=O)O. The Morgan fingerprint density at radius 1 is 1.44 bits per heavy atom. The fourth-order valence-corrected chi connectivity index (χ4v) is 1.57. The number of carboxylic acid groups (broad SMARTS) is 1. The summed E-state index contributed by atoms with van der Waals surface area (Å²) in [6.07, 6.45) is 0.332. The number of rotatable bonds is 5. The first-order valence-electron chi connectivity index (χ1n) is 5.69. The van der Waals surface area contributed by atoms with E-state index in [2.05, 4.69) is 5.32 Å². The average Bonchev–Trinajstić information content (AvgIpc) is 2.30. The zero-order chi connectivity index (χ0) is 13.7. The van der Waals surface area contributed by atoms with Gasteiger partial charge in [0.25, 0.3) is 5.91 Å². The van der Waals surface area contributed by atoms with Gasteiger partial charge in [0.05, 0.1) is 0 Å². The van der Waals surface area contributed by atoms with Crippen LogP contribution in [0.2, 0.25) is 0 Å². The quantitative estimate of drug-likeness (QED) is 0.844. The van der Waals surface area contributed by atoms with Gasteiger partial charge in [0.15, 0.2) is 0 Å². The molecule has 0 radical (unpaired) electrons. The van der Waals surface area contributed by atoms with Gasteiger partial charge in [0.2, 0.25) is 0 Å². The van der Waals surface area contributed by atoms with Crippen molar-refractivity contribution < 1.29 is 19.1 Å². The summed E-state index contributed by atoms with van der Waals surface area (Å²) in [6, 6.07) is 4.04. The van der Waals surface area contributed by atoms with Crippen molar-refractivity contribution in [2.75, 3.05) is 0 Å². The number of benzene rings is 1. The summed E-state index contributed by atoms with van der Waals surface area (Å²) in [7, 11) is 0. The van der Waals surface area contributed by atoms with Crippen molar-refractivity contribution in [2.45, 2.75) is 32.7 Å². The van der Waals surface area contributed by atoms with Crippen molar-refractivity contribution in [3.05, 3.63) is 35.1 Å². The van der Waals surface area contributed by atoms with Crippen LogP contribution >= 0.6 is 0 Å². The standard InChI is InChI=1S/C13H16FNO3/c1-8(6-7-12(16)17)15-13(18)10-4-3-5-11(14)9(10)2/h3-5,8H,6-7H2,1-2H3,(H,15,18)(H,16,17). The molecule has 0 fully saturated rings. The van der Waals surface area contributed by atoms with E-state index >= 15 is 0 Å². The Morgan fingerprint density at radius 3 is 2.72 bits per heavy atom. The molecule has 0 saturated heterocycles. The van der Waals surface area contributed by atoms with Gasteiger partial charge in [-0.05, 0) is 38.0 Å². The molecule has 0 spiro atoms. The van der Waals surface area contributed by atoms with Gasteiger partial charge in [-0.3, -0.25) is 9.59 Å². The molecule has 4 nitrogen and oxygen atoms in total. The van der Waals surface area contributed by atoms with Crippen molar-refractivity contribution in [1.82, 2.24) is 5.32 Å². The van der Waals surface area contributed by atoms with Crippen LogP contribution in [0.25, 0.3) is 0 Å². The Bertz CT molecular complexity index is 460. The first kappa shape index (κ1) is 14.2. The molecule has 1 aromatic carbocycles. The maximum absolute atomic E-state index is 13.3. The Labute approximate surface area is 105 Å². The Balaban J connectivity index is 2.65. The van der Waals surface area contributed by atoms with E-state index in [0.717, 1.165) is 0 Å². The molecule has 0 aromatic heterocycles. The predicted octanol–water partition coefficient (Wildman–Crippen LogP) is 2.12. The monoisotopic (exact) mass is 253 g/mol. The molecule has 1 unspecified atom stereocenters. The second kappa shape index (κ2) is 6.14. The first-order chi connectivity index (χ1) is 8.41. The van der Waals surface area contributed by atoms with Gasteiger partial charge in [0.1, 0.15) is 5.82 Å². The van der Waals surface area contributed by atoms with E-state index in [1.54, 1.807) is 6.92 Å². The van der Waals surface area contributed by atoms with Gasteiger partial charge < -0.3 is 10.4 Å². The average molecular weight is 253 g/mol. The minimum absolute atomic E-state index is 0.0103. The molecule has 0 aliphatic carbocycles. The molecule has 1 aromatic rings. The van der Waals surface area contributed by atoms with Gasteiger partial charge >= 0.3 is 5.97 Å². The third-order valence-electron chi connectivity index (χ3n) is 2.68. The summed E-state index contributed by atoms with van der Waals surface area (Å²) >= 11 is 0. The number of hydrogen-bond acceptors (Lipinski definition) is 2. The van der Waals surface area contributed by atoms with E-state index in [1.807, 2.05) is 0 Å². The summed E-state index contributed by atoms with van der Waals surface area (Å²) < 4.78 is 13.3. The molecule has 98 valence electrons. The lowest BCUT2D eigenvalue weighted by molar-refractivity contribution is -0.137. The fourth-order valence-electron chi connectivity index (χ4n) is 1.57. The Kier molecular flexibility index (Phi) is 4.83. The van der Waals surface area contributed by atoms with Crippen LogP contribution in [0, 0.1) is 12.7 Å². The molecule has 0 saturated carbocycles. The molecule has 1 amide bonds. The zero-order valence-electron chi connectivity index (χ0n) is 10.4. The third-order valence-corrected chi connectivity index (χ3v) is 2.68. The first-order valence-corrected chi connectivity index (χ1v) is 5.69. The summed E-state index contributed by atoms with van der Waals surface area (Å²) in [4.78, 5) is 22.2. The largest absolute Gasteiger partial charge is 0.481 e.